The Labute approximate surface area is 143 Å². The lowest BCUT2D eigenvalue weighted by atomic mass is 10.2. The Balaban J connectivity index is 0.00000361. The molecule has 1 heterocycles. The Morgan fingerprint density at radius 3 is 2.65 bits per heavy atom. The highest BCUT2D eigenvalue weighted by Crippen LogP contribution is 2.16. The maximum atomic E-state index is 5.81. The number of unbranched alkanes of at least 4 members (excludes halogenated alkanes) is 3. The minimum absolute atomic E-state index is 0. The van der Waals surface area contributed by atoms with E-state index in [9.17, 15) is 0 Å². The summed E-state index contributed by atoms with van der Waals surface area (Å²) in [5, 5.41) is 4.31. The molecular formula is C14H27IN4S. The van der Waals surface area contributed by atoms with Crippen molar-refractivity contribution in [3.05, 3.63) is 15.6 Å². The molecule has 0 aromatic carbocycles. The highest BCUT2D eigenvalue weighted by molar-refractivity contribution is 14.0. The standard InChI is InChI=1S/C14H26N4S.HI/c1-4-5-6-7-9-16-14(15)17-10-8-13-18-11(2)12(3)19-13;/h4-10H2,1-3H3,(H3,15,16,17);1H. The molecule has 1 rings (SSSR count). The predicted octanol–water partition coefficient (Wildman–Crippen LogP) is 3.41. The van der Waals surface area contributed by atoms with Crippen molar-refractivity contribution in [1.82, 2.24) is 10.3 Å². The number of hydrogen-bond donors (Lipinski definition) is 2. The van der Waals surface area contributed by atoms with Crippen LogP contribution in [0.1, 0.15) is 48.2 Å². The number of halogens is 1. The summed E-state index contributed by atoms with van der Waals surface area (Å²) in [5.74, 6) is 0.557. The van der Waals surface area contributed by atoms with Crippen LogP contribution in [0, 0.1) is 13.8 Å². The van der Waals surface area contributed by atoms with Crippen LogP contribution in [0.25, 0.3) is 0 Å². The number of thiazole rings is 1. The lowest BCUT2D eigenvalue weighted by Gasteiger charge is -2.04. The summed E-state index contributed by atoms with van der Waals surface area (Å²) in [6, 6.07) is 0. The Morgan fingerprint density at radius 1 is 1.30 bits per heavy atom. The van der Waals surface area contributed by atoms with Crippen LogP contribution in [0.4, 0.5) is 0 Å². The number of guanidine groups is 1. The van der Waals surface area contributed by atoms with Gasteiger partial charge >= 0.3 is 0 Å². The van der Waals surface area contributed by atoms with Crippen LogP contribution in [-0.2, 0) is 6.42 Å². The van der Waals surface area contributed by atoms with E-state index in [0.29, 0.717) is 5.96 Å². The second kappa shape index (κ2) is 11.3. The summed E-state index contributed by atoms with van der Waals surface area (Å²) in [4.78, 5) is 10.1. The van der Waals surface area contributed by atoms with E-state index in [1.807, 2.05) is 0 Å². The molecule has 1 aromatic heterocycles. The van der Waals surface area contributed by atoms with Crippen molar-refractivity contribution < 1.29 is 0 Å². The fourth-order valence-corrected chi connectivity index (χ4v) is 2.67. The van der Waals surface area contributed by atoms with Gasteiger partial charge in [0.1, 0.15) is 0 Å². The summed E-state index contributed by atoms with van der Waals surface area (Å²) < 4.78 is 0. The molecule has 0 fully saturated rings. The minimum atomic E-state index is 0. The quantitative estimate of drug-likeness (QED) is 0.299. The van der Waals surface area contributed by atoms with Crippen molar-refractivity contribution in [3.63, 3.8) is 0 Å². The molecule has 0 aliphatic carbocycles. The topological polar surface area (TPSA) is 63.3 Å². The highest BCUT2D eigenvalue weighted by atomic mass is 127. The Kier molecular flexibility index (Phi) is 11.1. The number of nitrogens with zero attached hydrogens (tertiary/aromatic N) is 2. The van der Waals surface area contributed by atoms with Crippen LogP contribution >= 0.6 is 35.3 Å². The number of nitrogens with two attached hydrogens (primary N) is 1. The first-order valence-corrected chi connectivity index (χ1v) is 7.91. The molecule has 0 saturated carbocycles. The number of aromatic nitrogens is 1. The maximum absolute atomic E-state index is 5.81. The molecule has 0 bridgehead atoms. The van der Waals surface area contributed by atoms with Crippen molar-refractivity contribution in [2.24, 2.45) is 10.7 Å². The average molecular weight is 410 g/mol. The predicted molar refractivity (Wildman–Crippen MR) is 99.3 cm³/mol. The van der Waals surface area contributed by atoms with Crippen LogP contribution in [0.5, 0.6) is 0 Å². The van der Waals surface area contributed by atoms with Gasteiger partial charge in [0.25, 0.3) is 0 Å². The molecule has 0 aliphatic heterocycles. The van der Waals surface area contributed by atoms with E-state index < -0.39 is 0 Å². The van der Waals surface area contributed by atoms with Gasteiger partial charge in [-0.1, -0.05) is 26.2 Å². The number of nitrogens with one attached hydrogen (secondary N) is 1. The third-order valence-electron chi connectivity index (χ3n) is 3.01. The van der Waals surface area contributed by atoms with Crippen LogP contribution in [0.2, 0.25) is 0 Å². The van der Waals surface area contributed by atoms with E-state index in [0.717, 1.165) is 31.6 Å². The molecule has 116 valence electrons. The van der Waals surface area contributed by atoms with Gasteiger partial charge in [0.15, 0.2) is 5.96 Å². The van der Waals surface area contributed by atoms with Gasteiger partial charge in [0.05, 0.1) is 10.7 Å². The summed E-state index contributed by atoms with van der Waals surface area (Å²) >= 11 is 1.76. The first-order valence-electron chi connectivity index (χ1n) is 7.10. The maximum Gasteiger partial charge on any atom is 0.188 e. The molecule has 6 heteroatoms. The first-order chi connectivity index (χ1) is 9.13. The Morgan fingerprint density at radius 2 is 2.05 bits per heavy atom. The van der Waals surface area contributed by atoms with Crippen LogP contribution in [0.3, 0.4) is 0 Å². The highest BCUT2D eigenvalue weighted by Gasteiger charge is 2.03. The molecular weight excluding hydrogens is 383 g/mol. The molecule has 0 unspecified atom stereocenters. The molecule has 0 atom stereocenters. The van der Waals surface area contributed by atoms with Gasteiger partial charge in [-0.15, -0.1) is 35.3 Å². The van der Waals surface area contributed by atoms with Gasteiger partial charge in [0.2, 0.25) is 0 Å². The molecule has 0 spiro atoms. The SMILES string of the molecule is CCCCCCN=C(N)NCCc1nc(C)c(C)s1.I. The number of rotatable bonds is 8. The third-order valence-corrected chi connectivity index (χ3v) is 4.14. The van der Waals surface area contributed by atoms with Crippen molar-refractivity contribution in [2.75, 3.05) is 13.1 Å². The zero-order valence-corrected chi connectivity index (χ0v) is 15.9. The van der Waals surface area contributed by atoms with Gasteiger partial charge in [-0.3, -0.25) is 4.99 Å². The van der Waals surface area contributed by atoms with E-state index in [1.54, 1.807) is 11.3 Å². The summed E-state index contributed by atoms with van der Waals surface area (Å²) in [5.41, 5.74) is 6.95. The fraction of sp³-hybridized carbons (Fsp3) is 0.714. The van der Waals surface area contributed by atoms with Crippen LogP contribution in [0.15, 0.2) is 4.99 Å². The minimum Gasteiger partial charge on any atom is -0.370 e. The Bertz CT molecular complexity index is 384. The van der Waals surface area contributed by atoms with Crippen molar-refractivity contribution in [2.45, 2.75) is 52.9 Å². The molecule has 0 saturated heterocycles. The largest absolute Gasteiger partial charge is 0.370 e. The smallest absolute Gasteiger partial charge is 0.188 e. The number of aliphatic imine (C=N–C) groups is 1. The van der Waals surface area contributed by atoms with Gasteiger partial charge in [-0.05, 0) is 20.3 Å². The summed E-state index contributed by atoms with van der Waals surface area (Å²) in [7, 11) is 0. The van der Waals surface area contributed by atoms with E-state index in [1.165, 1.54) is 29.1 Å². The molecule has 1 aromatic rings. The molecule has 0 radical (unpaired) electrons. The molecule has 4 nitrogen and oxygen atoms in total. The van der Waals surface area contributed by atoms with E-state index in [4.69, 9.17) is 5.73 Å². The second-order valence-electron chi connectivity index (χ2n) is 4.75. The fourth-order valence-electron chi connectivity index (χ4n) is 1.74. The Hall–Kier alpha value is -0.370. The third kappa shape index (κ3) is 8.04. The zero-order valence-electron chi connectivity index (χ0n) is 12.7. The lowest BCUT2D eigenvalue weighted by molar-refractivity contribution is 0.673. The van der Waals surface area contributed by atoms with Crippen LogP contribution < -0.4 is 11.1 Å². The average Bonchev–Trinajstić information content (AvgIpc) is 2.68. The first kappa shape index (κ1) is 19.6. The normalized spacial score (nSPS) is 11.2. The van der Waals surface area contributed by atoms with Gasteiger partial charge in [0, 0.05) is 24.4 Å². The summed E-state index contributed by atoms with van der Waals surface area (Å²) in [6.07, 6.45) is 5.81. The molecule has 3 N–H and O–H groups in total. The van der Waals surface area contributed by atoms with Crippen molar-refractivity contribution >= 4 is 41.3 Å². The van der Waals surface area contributed by atoms with Gasteiger partial charge < -0.3 is 11.1 Å². The van der Waals surface area contributed by atoms with Crippen molar-refractivity contribution in [3.8, 4) is 0 Å². The van der Waals surface area contributed by atoms with E-state index in [-0.39, 0.29) is 24.0 Å². The van der Waals surface area contributed by atoms with Crippen molar-refractivity contribution in [1.29, 1.82) is 0 Å². The molecule has 0 aliphatic rings. The lowest BCUT2D eigenvalue weighted by Crippen LogP contribution is -2.33. The number of hydrogen-bond acceptors (Lipinski definition) is 3. The van der Waals surface area contributed by atoms with E-state index in [2.05, 4.69) is 36.1 Å². The monoisotopic (exact) mass is 410 g/mol. The zero-order chi connectivity index (χ0) is 14.1. The molecule has 0 amide bonds. The summed E-state index contributed by atoms with van der Waals surface area (Å²) in [6.45, 7) is 8.00. The number of aryl methyl sites for hydroxylation is 2. The van der Waals surface area contributed by atoms with Gasteiger partial charge in [-0.25, -0.2) is 4.98 Å². The van der Waals surface area contributed by atoms with Crippen LogP contribution in [-0.4, -0.2) is 24.0 Å². The molecule has 20 heavy (non-hydrogen) atoms. The second-order valence-corrected chi connectivity index (χ2v) is 6.04. The van der Waals surface area contributed by atoms with E-state index >= 15 is 0 Å². The van der Waals surface area contributed by atoms with Gasteiger partial charge in [-0.2, -0.15) is 0 Å².